The van der Waals surface area contributed by atoms with Gasteiger partial charge in [0.05, 0.1) is 22.1 Å². The summed E-state index contributed by atoms with van der Waals surface area (Å²) in [5.41, 5.74) is 12.6. The predicted octanol–water partition coefficient (Wildman–Crippen LogP) is 12.0. The lowest BCUT2D eigenvalue weighted by molar-refractivity contribution is 1.18. The second kappa shape index (κ2) is 11.0. The van der Waals surface area contributed by atoms with Crippen LogP contribution in [0.2, 0.25) is 0 Å². The Bertz CT molecular complexity index is 2850. The van der Waals surface area contributed by atoms with Crippen molar-refractivity contribution >= 4 is 54.4 Å². The maximum atomic E-state index is 4.84. The molecule has 0 fully saturated rings. The van der Waals surface area contributed by atoms with Crippen LogP contribution < -0.4 is 0 Å². The van der Waals surface area contributed by atoms with Crippen molar-refractivity contribution in [2.75, 3.05) is 0 Å². The van der Waals surface area contributed by atoms with Crippen molar-refractivity contribution < 1.29 is 0 Å². The van der Waals surface area contributed by atoms with E-state index in [0.717, 1.165) is 33.0 Å². The Morgan fingerprint density at radius 2 is 0.837 bits per heavy atom. The number of aromatic nitrogens is 3. The number of fused-ring (bicyclic) bond motifs is 9. The molecule has 0 radical (unpaired) electrons. The summed E-state index contributed by atoms with van der Waals surface area (Å²) in [6.07, 6.45) is 3.58. The minimum Gasteiger partial charge on any atom is -0.309 e. The molecule has 0 bridgehead atoms. The van der Waals surface area contributed by atoms with Crippen LogP contribution in [0.15, 0.2) is 176 Å². The molecule has 0 aliphatic carbocycles. The molecule has 3 heteroatoms. The van der Waals surface area contributed by atoms with Crippen LogP contribution in [0.4, 0.5) is 0 Å². The molecule has 10 rings (SSSR count). The molecule has 0 saturated heterocycles. The van der Waals surface area contributed by atoms with Gasteiger partial charge in [-0.05, 0) is 80.6 Å². The van der Waals surface area contributed by atoms with Gasteiger partial charge in [-0.1, -0.05) is 127 Å². The topological polar surface area (TPSA) is 30.7 Å². The molecule has 2 aromatic heterocycles. The zero-order chi connectivity index (χ0) is 32.3. The Balaban J connectivity index is 1.07. The van der Waals surface area contributed by atoms with E-state index in [4.69, 9.17) is 9.97 Å². The fourth-order valence-electron chi connectivity index (χ4n) is 7.54. The normalized spacial score (nSPS) is 11.7. The van der Waals surface area contributed by atoms with E-state index in [1.165, 1.54) is 60.4 Å². The summed E-state index contributed by atoms with van der Waals surface area (Å²) in [7, 11) is 0. The van der Waals surface area contributed by atoms with Gasteiger partial charge >= 0.3 is 0 Å². The maximum Gasteiger partial charge on any atom is 0.0972 e. The molecule has 0 aliphatic heterocycles. The van der Waals surface area contributed by atoms with Crippen LogP contribution >= 0.6 is 0 Å². The molecule has 0 spiro atoms. The van der Waals surface area contributed by atoms with E-state index in [0.29, 0.717) is 0 Å². The van der Waals surface area contributed by atoms with Crippen LogP contribution in [-0.2, 0) is 0 Å². The summed E-state index contributed by atoms with van der Waals surface area (Å²) in [4.78, 5) is 9.61. The Morgan fingerprint density at radius 1 is 0.306 bits per heavy atom. The lowest BCUT2D eigenvalue weighted by Gasteiger charge is -2.12. The van der Waals surface area contributed by atoms with Crippen LogP contribution in [0.5, 0.6) is 0 Å². The van der Waals surface area contributed by atoms with E-state index in [2.05, 4.69) is 168 Å². The van der Waals surface area contributed by atoms with Crippen molar-refractivity contribution in [1.82, 2.24) is 14.5 Å². The molecule has 2 heterocycles. The molecule has 0 atom stereocenters. The van der Waals surface area contributed by atoms with Crippen LogP contribution in [0.1, 0.15) is 0 Å². The first kappa shape index (κ1) is 27.5. The lowest BCUT2D eigenvalue weighted by Crippen LogP contribution is -1.94. The highest BCUT2D eigenvalue weighted by molar-refractivity contribution is 6.27. The summed E-state index contributed by atoms with van der Waals surface area (Å²) in [6.45, 7) is 0. The van der Waals surface area contributed by atoms with E-state index in [-0.39, 0.29) is 0 Å². The van der Waals surface area contributed by atoms with E-state index >= 15 is 0 Å². The average molecular weight is 624 g/mol. The highest BCUT2D eigenvalue weighted by Gasteiger charge is 2.17. The average Bonchev–Trinajstić information content (AvgIpc) is 3.51. The fourth-order valence-corrected chi connectivity index (χ4v) is 7.54. The highest BCUT2D eigenvalue weighted by atomic mass is 15.0. The third-order valence-corrected chi connectivity index (χ3v) is 9.88. The SMILES string of the molecule is c1ccc(-c2cccc(-c3ccc(-c4ccc(-n5c6ccccc6c6cc7c8ccccc8c8nccnc8c7cc65)cc4)cc3)c2)cc1. The summed E-state index contributed by atoms with van der Waals surface area (Å²) in [6, 6.07) is 59.1. The minimum atomic E-state index is 0.931. The van der Waals surface area contributed by atoms with Crippen molar-refractivity contribution in [3.05, 3.63) is 176 Å². The number of para-hydroxylation sites is 1. The second-order valence-corrected chi connectivity index (χ2v) is 12.6. The van der Waals surface area contributed by atoms with Gasteiger partial charge in [0.1, 0.15) is 0 Å². The molecule has 10 aromatic rings. The number of hydrogen-bond acceptors (Lipinski definition) is 2. The van der Waals surface area contributed by atoms with Crippen molar-refractivity contribution in [1.29, 1.82) is 0 Å². The third-order valence-electron chi connectivity index (χ3n) is 9.88. The van der Waals surface area contributed by atoms with Crippen LogP contribution in [0.25, 0.3) is 93.5 Å². The molecular weight excluding hydrogens is 595 g/mol. The first-order valence-corrected chi connectivity index (χ1v) is 16.7. The van der Waals surface area contributed by atoms with Gasteiger partial charge in [0, 0.05) is 39.6 Å². The standard InChI is InChI=1S/C46H29N3/c1-2-9-30(10-3-1)34-11-8-12-35(27-34)33-19-17-31(18-20-33)32-21-23-36(24-22-32)49-43-16-7-6-14-38(43)41-28-40-37-13-4-5-15-39(37)45-46(48-26-25-47-45)42(40)29-44(41)49/h1-29H. The number of rotatable bonds is 4. The van der Waals surface area contributed by atoms with Gasteiger partial charge in [-0.3, -0.25) is 9.97 Å². The van der Waals surface area contributed by atoms with Crippen LogP contribution in [0.3, 0.4) is 0 Å². The van der Waals surface area contributed by atoms with Gasteiger partial charge in [0.15, 0.2) is 0 Å². The van der Waals surface area contributed by atoms with Gasteiger partial charge in [-0.25, -0.2) is 0 Å². The maximum absolute atomic E-state index is 4.84. The van der Waals surface area contributed by atoms with Crippen molar-refractivity contribution in [2.45, 2.75) is 0 Å². The van der Waals surface area contributed by atoms with Gasteiger partial charge < -0.3 is 4.57 Å². The second-order valence-electron chi connectivity index (χ2n) is 12.6. The molecule has 228 valence electrons. The first-order chi connectivity index (χ1) is 24.3. The first-order valence-electron chi connectivity index (χ1n) is 16.7. The highest BCUT2D eigenvalue weighted by Crippen LogP contribution is 2.40. The van der Waals surface area contributed by atoms with E-state index in [1.54, 1.807) is 12.4 Å². The minimum absolute atomic E-state index is 0.931. The fraction of sp³-hybridized carbons (Fsp3) is 0. The number of benzene rings is 8. The molecule has 0 saturated carbocycles. The van der Waals surface area contributed by atoms with E-state index < -0.39 is 0 Å². The largest absolute Gasteiger partial charge is 0.309 e. The van der Waals surface area contributed by atoms with E-state index in [1.807, 2.05) is 0 Å². The molecule has 49 heavy (non-hydrogen) atoms. The molecule has 0 N–H and O–H groups in total. The monoisotopic (exact) mass is 623 g/mol. The molecule has 3 nitrogen and oxygen atoms in total. The Morgan fingerprint density at radius 3 is 1.55 bits per heavy atom. The Labute approximate surface area is 283 Å². The van der Waals surface area contributed by atoms with Gasteiger partial charge in [0.25, 0.3) is 0 Å². The summed E-state index contributed by atoms with van der Waals surface area (Å²) < 4.78 is 2.38. The molecule has 8 aromatic carbocycles. The molecular formula is C46H29N3. The quantitative estimate of drug-likeness (QED) is 0.183. The van der Waals surface area contributed by atoms with Crippen LogP contribution in [0, 0.1) is 0 Å². The summed E-state index contributed by atoms with van der Waals surface area (Å²) in [5.74, 6) is 0. The summed E-state index contributed by atoms with van der Waals surface area (Å²) >= 11 is 0. The molecule has 0 amide bonds. The summed E-state index contributed by atoms with van der Waals surface area (Å²) in [5, 5.41) is 7.11. The third kappa shape index (κ3) is 4.44. The Hall–Kier alpha value is -6.58. The molecule has 0 unspecified atom stereocenters. The lowest BCUT2D eigenvalue weighted by atomic mass is 9.97. The van der Waals surface area contributed by atoms with Crippen molar-refractivity contribution in [3.63, 3.8) is 0 Å². The number of hydrogen-bond donors (Lipinski definition) is 0. The van der Waals surface area contributed by atoms with Crippen LogP contribution in [-0.4, -0.2) is 14.5 Å². The molecule has 0 aliphatic rings. The zero-order valence-corrected chi connectivity index (χ0v) is 26.6. The van der Waals surface area contributed by atoms with Crippen molar-refractivity contribution in [3.8, 4) is 39.1 Å². The van der Waals surface area contributed by atoms with E-state index in [9.17, 15) is 0 Å². The van der Waals surface area contributed by atoms with Gasteiger partial charge in [-0.2, -0.15) is 0 Å². The predicted molar refractivity (Wildman–Crippen MR) is 205 cm³/mol. The van der Waals surface area contributed by atoms with Gasteiger partial charge in [-0.15, -0.1) is 0 Å². The Kier molecular flexibility index (Phi) is 6.18. The smallest absolute Gasteiger partial charge is 0.0972 e. The van der Waals surface area contributed by atoms with Crippen molar-refractivity contribution in [2.24, 2.45) is 0 Å². The zero-order valence-electron chi connectivity index (χ0n) is 26.6. The van der Waals surface area contributed by atoms with Gasteiger partial charge in [0.2, 0.25) is 0 Å². The number of nitrogens with zero attached hydrogens (tertiary/aromatic N) is 3.